The molecule has 1 rings (SSSR count). The van der Waals surface area contributed by atoms with Gasteiger partial charge in [0.05, 0.1) is 12.0 Å². The van der Waals surface area contributed by atoms with Gasteiger partial charge < -0.3 is 4.74 Å². The molecule has 4 nitrogen and oxygen atoms in total. The third-order valence-electron chi connectivity index (χ3n) is 2.20. The van der Waals surface area contributed by atoms with Crippen LogP contribution in [0.1, 0.15) is 18.4 Å². The highest BCUT2D eigenvalue weighted by atomic mass is 79.9. The van der Waals surface area contributed by atoms with Gasteiger partial charge in [-0.2, -0.15) is 0 Å². The van der Waals surface area contributed by atoms with Crippen LogP contribution in [0.4, 0.5) is 5.69 Å². The van der Waals surface area contributed by atoms with Crippen LogP contribution in [0, 0.1) is 10.1 Å². The predicted molar refractivity (Wildman–Crippen MR) is 61.9 cm³/mol. The van der Waals surface area contributed by atoms with Gasteiger partial charge in [-0.3, -0.25) is 10.1 Å². The SMILES string of the molecule is COc1cccc(C(C)CBr)c1[N+](=O)[O-]. The Morgan fingerprint density at radius 2 is 2.27 bits per heavy atom. The number of ether oxygens (including phenoxy) is 1. The van der Waals surface area contributed by atoms with Crippen molar-refractivity contribution in [1.29, 1.82) is 0 Å². The summed E-state index contributed by atoms with van der Waals surface area (Å²) < 4.78 is 4.98. The van der Waals surface area contributed by atoms with Gasteiger partial charge in [-0.05, 0) is 12.0 Å². The van der Waals surface area contributed by atoms with Crippen molar-refractivity contribution in [2.45, 2.75) is 12.8 Å². The monoisotopic (exact) mass is 273 g/mol. The van der Waals surface area contributed by atoms with E-state index in [1.807, 2.05) is 6.92 Å². The molecule has 0 saturated heterocycles. The van der Waals surface area contributed by atoms with Gasteiger partial charge >= 0.3 is 5.69 Å². The van der Waals surface area contributed by atoms with Crippen LogP contribution in [0.25, 0.3) is 0 Å². The van der Waals surface area contributed by atoms with E-state index in [0.29, 0.717) is 16.6 Å². The fourth-order valence-electron chi connectivity index (χ4n) is 1.38. The number of rotatable bonds is 4. The molecule has 0 aliphatic carbocycles. The molecule has 0 fully saturated rings. The third kappa shape index (κ3) is 2.47. The molecule has 1 unspecified atom stereocenters. The zero-order chi connectivity index (χ0) is 11.4. The molecule has 1 aromatic rings. The summed E-state index contributed by atoms with van der Waals surface area (Å²) in [6, 6.07) is 5.12. The molecule has 82 valence electrons. The second-order valence-corrected chi connectivity index (χ2v) is 3.86. The number of hydrogen-bond donors (Lipinski definition) is 0. The number of methoxy groups -OCH3 is 1. The van der Waals surface area contributed by atoms with Crippen molar-refractivity contribution in [3.8, 4) is 5.75 Å². The minimum Gasteiger partial charge on any atom is -0.490 e. The van der Waals surface area contributed by atoms with E-state index in [1.54, 1.807) is 18.2 Å². The van der Waals surface area contributed by atoms with E-state index < -0.39 is 4.92 Å². The van der Waals surface area contributed by atoms with E-state index in [9.17, 15) is 10.1 Å². The van der Waals surface area contributed by atoms with Gasteiger partial charge in [0.15, 0.2) is 5.75 Å². The minimum absolute atomic E-state index is 0.0620. The molecule has 1 aromatic carbocycles. The maximum atomic E-state index is 10.9. The smallest absolute Gasteiger partial charge is 0.314 e. The lowest BCUT2D eigenvalue weighted by molar-refractivity contribution is -0.386. The number of alkyl halides is 1. The van der Waals surface area contributed by atoms with E-state index in [-0.39, 0.29) is 11.6 Å². The Bertz CT molecular complexity index is 368. The Morgan fingerprint density at radius 3 is 2.73 bits per heavy atom. The Kier molecular flexibility index (Phi) is 4.08. The molecule has 0 spiro atoms. The van der Waals surface area contributed by atoms with Crippen molar-refractivity contribution in [2.24, 2.45) is 0 Å². The fourth-order valence-corrected chi connectivity index (χ4v) is 1.73. The summed E-state index contributed by atoms with van der Waals surface area (Å²) in [6.45, 7) is 1.93. The topological polar surface area (TPSA) is 52.4 Å². The number of halogens is 1. The fraction of sp³-hybridized carbons (Fsp3) is 0.400. The summed E-state index contributed by atoms with van der Waals surface area (Å²) in [7, 11) is 1.44. The average molecular weight is 274 g/mol. The van der Waals surface area contributed by atoms with Crippen LogP contribution in [0.5, 0.6) is 5.75 Å². The number of nitro benzene ring substituents is 1. The van der Waals surface area contributed by atoms with Crippen molar-refractivity contribution >= 4 is 21.6 Å². The molecule has 0 amide bonds. The highest BCUT2D eigenvalue weighted by Gasteiger charge is 2.23. The normalized spacial score (nSPS) is 12.2. The first-order valence-corrected chi connectivity index (χ1v) is 5.61. The van der Waals surface area contributed by atoms with Gasteiger partial charge in [0.1, 0.15) is 0 Å². The molecule has 0 bridgehead atoms. The zero-order valence-corrected chi connectivity index (χ0v) is 10.2. The molecule has 0 saturated carbocycles. The summed E-state index contributed by atoms with van der Waals surface area (Å²) in [6.07, 6.45) is 0. The molecule has 0 aliphatic heterocycles. The van der Waals surface area contributed by atoms with E-state index in [1.165, 1.54) is 7.11 Å². The molecule has 0 aliphatic rings. The van der Waals surface area contributed by atoms with Gasteiger partial charge in [0.2, 0.25) is 0 Å². The summed E-state index contributed by atoms with van der Waals surface area (Å²) in [5.74, 6) is 0.394. The summed E-state index contributed by atoms with van der Waals surface area (Å²) in [5, 5.41) is 11.6. The van der Waals surface area contributed by atoms with Crippen molar-refractivity contribution in [3.05, 3.63) is 33.9 Å². The Labute approximate surface area is 96.5 Å². The third-order valence-corrected chi connectivity index (χ3v) is 3.17. The molecule has 5 heteroatoms. The van der Waals surface area contributed by atoms with Crippen LogP contribution in [0.15, 0.2) is 18.2 Å². The molecule has 15 heavy (non-hydrogen) atoms. The largest absolute Gasteiger partial charge is 0.490 e. The number of nitro groups is 1. The van der Waals surface area contributed by atoms with Gasteiger partial charge in [-0.15, -0.1) is 0 Å². The molecule has 1 atom stereocenters. The van der Waals surface area contributed by atoms with Crippen LogP contribution in [-0.2, 0) is 0 Å². The molecular weight excluding hydrogens is 262 g/mol. The van der Waals surface area contributed by atoms with Crippen LogP contribution in [0.2, 0.25) is 0 Å². The van der Waals surface area contributed by atoms with Crippen LogP contribution < -0.4 is 4.74 Å². The Balaban J connectivity index is 3.31. The first kappa shape index (κ1) is 12.0. The Morgan fingerprint density at radius 1 is 1.60 bits per heavy atom. The molecule has 0 N–H and O–H groups in total. The van der Waals surface area contributed by atoms with Gasteiger partial charge in [0, 0.05) is 10.9 Å². The highest BCUT2D eigenvalue weighted by molar-refractivity contribution is 9.09. The maximum absolute atomic E-state index is 10.9. The summed E-state index contributed by atoms with van der Waals surface area (Å²) in [4.78, 5) is 10.5. The van der Waals surface area contributed by atoms with Crippen molar-refractivity contribution in [1.82, 2.24) is 0 Å². The number of hydrogen-bond acceptors (Lipinski definition) is 3. The highest BCUT2D eigenvalue weighted by Crippen LogP contribution is 2.35. The first-order chi connectivity index (χ1) is 7.11. The number of benzene rings is 1. The number of para-hydroxylation sites is 1. The van der Waals surface area contributed by atoms with Crippen LogP contribution in [-0.4, -0.2) is 17.4 Å². The van der Waals surface area contributed by atoms with E-state index >= 15 is 0 Å². The van der Waals surface area contributed by atoms with Gasteiger partial charge in [0.25, 0.3) is 0 Å². The maximum Gasteiger partial charge on any atom is 0.314 e. The lowest BCUT2D eigenvalue weighted by Crippen LogP contribution is -2.02. The second-order valence-electron chi connectivity index (χ2n) is 3.21. The quantitative estimate of drug-likeness (QED) is 0.481. The lowest BCUT2D eigenvalue weighted by atomic mass is 10.0. The summed E-state index contributed by atoms with van der Waals surface area (Å²) in [5.41, 5.74) is 0.753. The summed E-state index contributed by atoms with van der Waals surface area (Å²) >= 11 is 3.32. The van der Waals surface area contributed by atoms with Crippen LogP contribution in [0.3, 0.4) is 0 Å². The predicted octanol–water partition coefficient (Wildman–Crippen LogP) is 3.10. The molecule has 0 radical (unpaired) electrons. The molecule has 0 aromatic heterocycles. The molecular formula is C10H12BrNO3. The van der Waals surface area contributed by atoms with Crippen molar-refractivity contribution in [3.63, 3.8) is 0 Å². The van der Waals surface area contributed by atoms with E-state index in [2.05, 4.69) is 15.9 Å². The first-order valence-electron chi connectivity index (χ1n) is 4.49. The standard InChI is InChI=1S/C10H12BrNO3/c1-7(6-11)8-4-3-5-9(15-2)10(8)12(13)14/h3-5,7H,6H2,1-2H3. The van der Waals surface area contributed by atoms with E-state index in [4.69, 9.17) is 4.74 Å². The molecule has 0 heterocycles. The second kappa shape index (κ2) is 5.11. The minimum atomic E-state index is -0.396. The zero-order valence-electron chi connectivity index (χ0n) is 8.57. The van der Waals surface area contributed by atoms with Crippen molar-refractivity contribution in [2.75, 3.05) is 12.4 Å². The van der Waals surface area contributed by atoms with Crippen molar-refractivity contribution < 1.29 is 9.66 Å². The van der Waals surface area contributed by atoms with Gasteiger partial charge in [-0.1, -0.05) is 35.0 Å². The van der Waals surface area contributed by atoms with Crippen LogP contribution >= 0.6 is 15.9 Å². The van der Waals surface area contributed by atoms with Gasteiger partial charge in [-0.25, -0.2) is 0 Å². The lowest BCUT2D eigenvalue weighted by Gasteiger charge is -2.10. The Hall–Kier alpha value is -1.10. The average Bonchev–Trinajstić information content (AvgIpc) is 2.26. The van der Waals surface area contributed by atoms with E-state index in [0.717, 1.165) is 0 Å². The number of nitrogens with zero attached hydrogens (tertiary/aromatic N) is 1.